The van der Waals surface area contributed by atoms with Crippen molar-refractivity contribution in [2.45, 2.75) is 19.6 Å². The van der Waals surface area contributed by atoms with Crippen molar-refractivity contribution in [1.82, 2.24) is 0 Å². The Balaban J connectivity index is 0.00000169. The van der Waals surface area contributed by atoms with Gasteiger partial charge in [0.1, 0.15) is 0 Å². The van der Waals surface area contributed by atoms with Crippen molar-refractivity contribution < 1.29 is 14.6 Å². The Morgan fingerprint density at radius 1 is 1.43 bits per heavy atom. The number of aliphatic carboxylic acids is 1. The van der Waals surface area contributed by atoms with Gasteiger partial charge in [-0.25, -0.2) is 4.79 Å². The maximum absolute atomic E-state index is 10.4. The Kier molecular flexibility index (Phi) is 5.92. The second-order valence-electron chi connectivity index (χ2n) is 2.78. The molecule has 3 nitrogen and oxygen atoms in total. The van der Waals surface area contributed by atoms with E-state index in [9.17, 15) is 4.79 Å². The van der Waals surface area contributed by atoms with E-state index < -0.39 is 12.1 Å². The number of benzene rings is 1. The van der Waals surface area contributed by atoms with Crippen molar-refractivity contribution in [1.29, 1.82) is 0 Å². The summed E-state index contributed by atoms with van der Waals surface area (Å²) in [5, 5.41) is 8.54. The van der Waals surface area contributed by atoms with Crippen LogP contribution < -0.4 is 0 Å². The van der Waals surface area contributed by atoms with E-state index in [-0.39, 0.29) is 12.4 Å². The van der Waals surface area contributed by atoms with E-state index in [0.717, 1.165) is 5.56 Å². The van der Waals surface area contributed by atoms with Gasteiger partial charge in [0.25, 0.3) is 0 Å². The van der Waals surface area contributed by atoms with Crippen molar-refractivity contribution in [3.8, 4) is 0 Å². The highest BCUT2D eigenvalue weighted by atomic mass is 35.5. The third-order valence-electron chi connectivity index (χ3n) is 1.69. The highest BCUT2D eigenvalue weighted by molar-refractivity contribution is 5.85. The average Bonchev–Trinajstić information content (AvgIpc) is 2.15. The molecule has 0 amide bonds. The standard InChI is InChI=1S/C10H12O3.ClH/c1-8(10(11)12)13-7-9-5-3-2-4-6-9;/h2-6,8H,7H2,1H3,(H,11,12);1H/t8-;/m1./s1. The maximum Gasteiger partial charge on any atom is 0.332 e. The van der Waals surface area contributed by atoms with Crippen molar-refractivity contribution in [3.63, 3.8) is 0 Å². The second-order valence-corrected chi connectivity index (χ2v) is 2.78. The summed E-state index contributed by atoms with van der Waals surface area (Å²) in [6.45, 7) is 1.86. The summed E-state index contributed by atoms with van der Waals surface area (Å²) >= 11 is 0. The largest absolute Gasteiger partial charge is 0.479 e. The molecule has 1 N–H and O–H groups in total. The van der Waals surface area contributed by atoms with Gasteiger partial charge in [0.05, 0.1) is 6.61 Å². The Morgan fingerprint density at radius 2 is 2.00 bits per heavy atom. The van der Waals surface area contributed by atoms with Gasteiger partial charge in [-0.3, -0.25) is 0 Å². The van der Waals surface area contributed by atoms with Gasteiger partial charge < -0.3 is 9.84 Å². The molecule has 0 aliphatic rings. The lowest BCUT2D eigenvalue weighted by Gasteiger charge is -2.07. The van der Waals surface area contributed by atoms with Gasteiger partial charge >= 0.3 is 5.97 Å². The molecule has 0 saturated heterocycles. The van der Waals surface area contributed by atoms with Crippen LogP contribution in [0.15, 0.2) is 30.3 Å². The first-order valence-electron chi connectivity index (χ1n) is 4.08. The Hall–Kier alpha value is -1.06. The van der Waals surface area contributed by atoms with Crippen LogP contribution in [0.4, 0.5) is 0 Å². The van der Waals surface area contributed by atoms with Gasteiger partial charge in [-0.15, -0.1) is 12.4 Å². The first-order valence-corrected chi connectivity index (χ1v) is 4.08. The topological polar surface area (TPSA) is 46.5 Å². The van der Waals surface area contributed by atoms with Crippen LogP contribution in [0, 0.1) is 0 Å². The zero-order valence-corrected chi connectivity index (χ0v) is 8.66. The monoisotopic (exact) mass is 216 g/mol. The summed E-state index contributed by atoms with van der Waals surface area (Å²) < 4.78 is 5.09. The molecular weight excluding hydrogens is 204 g/mol. The molecule has 1 aromatic rings. The summed E-state index contributed by atoms with van der Waals surface area (Å²) in [6.07, 6.45) is -0.750. The molecule has 1 aromatic carbocycles. The van der Waals surface area contributed by atoms with E-state index >= 15 is 0 Å². The molecule has 0 radical (unpaired) electrons. The quantitative estimate of drug-likeness (QED) is 0.839. The number of hydrogen-bond acceptors (Lipinski definition) is 2. The van der Waals surface area contributed by atoms with Gasteiger partial charge in [0.2, 0.25) is 0 Å². The summed E-state index contributed by atoms with van der Waals surface area (Å²) in [7, 11) is 0. The molecule has 78 valence electrons. The lowest BCUT2D eigenvalue weighted by Crippen LogP contribution is -2.19. The summed E-state index contributed by atoms with van der Waals surface area (Å²) in [5.41, 5.74) is 0.982. The molecule has 0 bridgehead atoms. The minimum atomic E-state index is -0.934. The Morgan fingerprint density at radius 3 is 2.50 bits per heavy atom. The predicted molar refractivity (Wildman–Crippen MR) is 55.6 cm³/mol. The third-order valence-corrected chi connectivity index (χ3v) is 1.69. The van der Waals surface area contributed by atoms with Crippen LogP contribution >= 0.6 is 12.4 Å². The number of hydrogen-bond donors (Lipinski definition) is 1. The van der Waals surface area contributed by atoms with Gasteiger partial charge in [-0.05, 0) is 12.5 Å². The third kappa shape index (κ3) is 4.25. The van der Waals surface area contributed by atoms with Crippen molar-refractivity contribution >= 4 is 18.4 Å². The van der Waals surface area contributed by atoms with Crippen LogP contribution in [0.3, 0.4) is 0 Å². The molecule has 4 heteroatoms. The zero-order valence-electron chi connectivity index (χ0n) is 7.84. The minimum absolute atomic E-state index is 0. The lowest BCUT2D eigenvalue weighted by molar-refractivity contribution is -0.149. The van der Waals surface area contributed by atoms with E-state index in [2.05, 4.69) is 0 Å². The first-order chi connectivity index (χ1) is 6.20. The molecule has 0 spiro atoms. The molecule has 0 aliphatic heterocycles. The number of carbonyl (C=O) groups is 1. The maximum atomic E-state index is 10.4. The van der Waals surface area contributed by atoms with Crippen LogP contribution in [0.5, 0.6) is 0 Å². The van der Waals surface area contributed by atoms with Gasteiger partial charge in [-0.1, -0.05) is 30.3 Å². The normalized spacial score (nSPS) is 11.5. The van der Waals surface area contributed by atoms with E-state index in [1.165, 1.54) is 6.92 Å². The number of rotatable bonds is 4. The van der Waals surface area contributed by atoms with Crippen molar-refractivity contribution in [2.24, 2.45) is 0 Å². The molecule has 1 atom stereocenters. The highest BCUT2D eigenvalue weighted by Crippen LogP contribution is 2.02. The van der Waals surface area contributed by atoms with Gasteiger partial charge in [0, 0.05) is 0 Å². The highest BCUT2D eigenvalue weighted by Gasteiger charge is 2.10. The summed E-state index contributed by atoms with van der Waals surface area (Å²) in [5.74, 6) is -0.934. The van der Waals surface area contributed by atoms with Crippen molar-refractivity contribution in [2.75, 3.05) is 0 Å². The van der Waals surface area contributed by atoms with Crippen molar-refractivity contribution in [3.05, 3.63) is 35.9 Å². The molecule has 1 rings (SSSR count). The molecule has 0 fully saturated rings. The number of halogens is 1. The molecule has 0 aromatic heterocycles. The summed E-state index contributed by atoms with van der Waals surface area (Å²) in [6, 6.07) is 9.49. The SMILES string of the molecule is C[C@@H](OCc1ccccc1)C(=O)O.Cl. The van der Waals surface area contributed by atoms with Crippen LogP contribution in [-0.4, -0.2) is 17.2 Å². The predicted octanol–water partition coefficient (Wildman–Crippen LogP) is 2.10. The van der Waals surface area contributed by atoms with Crippen LogP contribution in [-0.2, 0) is 16.1 Å². The van der Waals surface area contributed by atoms with E-state index in [1.807, 2.05) is 30.3 Å². The molecule has 14 heavy (non-hydrogen) atoms. The van der Waals surface area contributed by atoms with E-state index in [0.29, 0.717) is 6.61 Å². The number of ether oxygens (including phenoxy) is 1. The van der Waals surface area contributed by atoms with Crippen LogP contribution in [0.25, 0.3) is 0 Å². The van der Waals surface area contributed by atoms with Gasteiger partial charge in [-0.2, -0.15) is 0 Å². The van der Waals surface area contributed by atoms with Crippen LogP contribution in [0.2, 0.25) is 0 Å². The zero-order chi connectivity index (χ0) is 9.68. The summed E-state index contributed by atoms with van der Waals surface area (Å²) in [4.78, 5) is 10.4. The van der Waals surface area contributed by atoms with Crippen LogP contribution in [0.1, 0.15) is 12.5 Å². The Bertz CT molecular complexity index is 274. The fraction of sp³-hybridized carbons (Fsp3) is 0.300. The molecule has 0 heterocycles. The lowest BCUT2D eigenvalue weighted by atomic mass is 10.2. The fourth-order valence-corrected chi connectivity index (χ4v) is 0.867. The molecule has 0 aliphatic carbocycles. The smallest absolute Gasteiger partial charge is 0.332 e. The fourth-order valence-electron chi connectivity index (χ4n) is 0.867. The second kappa shape index (κ2) is 6.40. The molecule has 0 saturated carbocycles. The van der Waals surface area contributed by atoms with Gasteiger partial charge in [0.15, 0.2) is 6.10 Å². The number of carboxylic acids is 1. The Labute approximate surface area is 89.1 Å². The van der Waals surface area contributed by atoms with E-state index in [1.54, 1.807) is 0 Å². The van der Waals surface area contributed by atoms with E-state index in [4.69, 9.17) is 9.84 Å². The minimum Gasteiger partial charge on any atom is -0.479 e. The molecular formula is C10H13ClO3. The average molecular weight is 217 g/mol. The molecule has 0 unspecified atom stereocenters. The first kappa shape index (κ1) is 12.9. The number of carboxylic acid groups (broad SMARTS) is 1.